The Hall–Kier alpha value is -2.84. The number of amides is 1. The summed E-state index contributed by atoms with van der Waals surface area (Å²) in [6.07, 6.45) is 5.26. The molecule has 0 N–H and O–H groups in total. The van der Waals surface area contributed by atoms with Gasteiger partial charge in [0.05, 0.1) is 11.6 Å². The van der Waals surface area contributed by atoms with Crippen molar-refractivity contribution in [2.24, 2.45) is 0 Å². The van der Waals surface area contributed by atoms with Crippen molar-refractivity contribution in [2.45, 2.75) is 20.4 Å². The summed E-state index contributed by atoms with van der Waals surface area (Å²) in [5, 5.41) is 5.12. The summed E-state index contributed by atoms with van der Waals surface area (Å²) in [6.45, 7) is 7.51. The number of thiazole rings is 1. The fourth-order valence-corrected chi connectivity index (χ4v) is 3.97. The zero-order valence-electron chi connectivity index (χ0n) is 16.5. The van der Waals surface area contributed by atoms with E-state index in [1.54, 1.807) is 23.6 Å². The topological polar surface area (TPSA) is 75.4 Å². The molecule has 1 aromatic carbocycles. The number of aromatic nitrogens is 3. The van der Waals surface area contributed by atoms with Gasteiger partial charge in [0.25, 0.3) is 0 Å². The van der Waals surface area contributed by atoms with Gasteiger partial charge >= 0.3 is 0 Å². The number of aryl methyl sites for hydroxylation is 2. The van der Waals surface area contributed by atoms with Crippen molar-refractivity contribution in [1.29, 1.82) is 0 Å². The van der Waals surface area contributed by atoms with Gasteiger partial charge in [0.2, 0.25) is 17.6 Å². The van der Waals surface area contributed by atoms with Crippen LogP contribution in [0.2, 0.25) is 0 Å². The highest BCUT2D eigenvalue weighted by Crippen LogP contribution is 2.20. The molecule has 3 heterocycles. The normalized spacial score (nSPS) is 15.3. The van der Waals surface area contributed by atoms with Crippen LogP contribution in [0.5, 0.6) is 0 Å². The molecule has 0 bridgehead atoms. The fourth-order valence-electron chi connectivity index (χ4n) is 3.28. The smallest absolute Gasteiger partial charge is 0.246 e. The summed E-state index contributed by atoms with van der Waals surface area (Å²) in [4.78, 5) is 26.2. The standard InChI is InChI=1S/C21H23N5O2S/c1-15-5-3-4-6-18(15)21-23-19(28-24-21)14-25-9-11-26(12-10-25)20(27)8-7-17-13-22-16(2)29-17/h3-8,13H,9-12,14H2,1-2H3. The molecule has 8 heteroatoms. The lowest BCUT2D eigenvalue weighted by Gasteiger charge is -2.33. The monoisotopic (exact) mass is 409 g/mol. The molecule has 150 valence electrons. The van der Waals surface area contributed by atoms with Gasteiger partial charge in [0.1, 0.15) is 0 Å². The van der Waals surface area contributed by atoms with Gasteiger partial charge in [-0.15, -0.1) is 11.3 Å². The van der Waals surface area contributed by atoms with Crippen LogP contribution >= 0.6 is 11.3 Å². The largest absolute Gasteiger partial charge is 0.338 e. The zero-order chi connectivity index (χ0) is 20.2. The molecular formula is C21H23N5O2S. The van der Waals surface area contributed by atoms with Crippen LogP contribution in [0, 0.1) is 13.8 Å². The van der Waals surface area contributed by atoms with Crippen LogP contribution in [0.25, 0.3) is 17.5 Å². The van der Waals surface area contributed by atoms with Gasteiger partial charge in [0.15, 0.2) is 0 Å². The summed E-state index contributed by atoms with van der Waals surface area (Å²) in [5.74, 6) is 1.26. The highest BCUT2D eigenvalue weighted by molar-refractivity contribution is 7.12. The number of rotatable bonds is 5. The lowest BCUT2D eigenvalue weighted by molar-refractivity contribution is -0.127. The Balaban J connectivity index is 1.29. The molecule has 2 aromatic heterocycles. The molecule has 0 aliphatic carbocycles. The Kier molecular flexibility index (Phi) is 5.82. The first kappa shape index (κ1) is 19.5. The van der Waals surface area contributed by atoms with Crippen LogP contribution < -0.4 is 0 Å². The van der Waals surface area contributed by atoms with E-state index in [2.05, 4.69) is 20.0 Å². The first-order valence-electron chi connectivity index (χ1n) is 9.59. The van der Waals surface area contributed by atoms with E-state index in [-0.39, 0.29) is 5.91 Å². The number of nitrogens with zero attached hydrogens (tertiary/aromatic N) is 5. The maximum absolute atomic E-state index is 12.4. The Labute approximate surface area is 173 Å². The molecule has 0 radical (unpaired) electrons. The minimum Gasteiger partial charge on any atom is -0.338 e. The average molecular weight is 410 g/mol. The van der Waals surface area contributed by atoms with Crippen molar-refractivity contribution >= 4 is 23.3 Å². The average Bonchev–Trinajstić information content (AvgIpc) is 3.36. The van der Waals surface area contributed by atoms with E-state index in [0.717, 1.165) is 34.1 Å². The first-order chi connectivity index (χ1) is 14.1. The summed E-state index contributed by atoms with van der Waals surface area (Å²) >= 11 is 1.58. The molecular weight excluding hydrogens is 386 g/mol. The second-order valence-electron chi connectivity index (χ2n) is 7.04. The number of carbonyl (C=O) groups is 1. The van der Waals surface area contributed by atoms with Crippen molar-refractivity contribution in [3.05, 3.63) is 57.9 Å². The molecule has 0 saturated carbocycles. The third-order valence-electron chi connectivity index (χ3n) is 4.93. The van der Waals surface area contributed by atoms with Crippen LogP contribution in [0.1, 0.15) is 21.3 Å². The SMILES string of the molecule is Cc1ncc(C=CC(=O)N2CCN(Cc3nc(-c4ccccc4C)no3)CC2)s1. The highest BCUT2D eigenvalue weighted by Gasteiger charge is 2.21. The van der Waals surface area contributed by atoms with Crippen LogP contribution in [0.3, 0.4) is 0 Å². The van der Waals surface area contributed by atoms with Gasteiger partial charge in [-0.05, 0) is 25.5 Å². The summed E-state index contributed by atoms with van der Waals surface area (Å²) in [7, 11) is 0. The molecule has 3 aromatic rings. The van der Waals surface area contributed by atoms with Crippen molar-refractivity contribution in [3.8, 4) is 11.4 Å². The van der Waals surface area contributed by atoms with Crippen LogP contribution in [-0.4, -0.2) is 57.0 Å². The van der Waals surface area contributed by atoms with Gasteiger partial charge in [-0.2, -0.15) is 4.98 Å². The third-order valence-corrected chi connectivity index (χ3v) is 5.80. The molecule has 1 aliphatic rings. The van der Waals surface area contributed by atoms with Gasteiger partial charge < -0.3 is 9.42 Å². The number of hydrogen-bond donors (Lipinski definition) is 0. The first-order valence-corrected chi connectivity index (χ1v) is 10.4. The number of hydrogen-bond acceptors (Lipinski definition) is 7. The van der Waals surface area contributed by atoms with Crippen LogP contribution in [0.4, 0.5) is 0 Å². The Bertz CT molecular complexity index is 1020. The molecule has 0 spiro atoms. The van der Waals surface area contributed by atoms with Crippen molar-refractivity contribution < 1.29 is 9.32 Å². The van der Waals surface area contributed by atoms with Crippen molar-refractivity contribution in [1.82, 2.24) is 24.9 Å². The maximum atomic E-state index is 12.4. The minimum absolute atomic E-state index is 0.0373. The maximum Gasteiger partial charge on any atom is 0.246 e. The molecule has 29 heavy (non-hydrogen) atoms. The molecule has 1 fully saturated rings. The molecule has 0 unspecified atom stereocenters. The second kappa shape index (κ2) is 8.67. The predicted molar refractivity (Wildman–Crippen MR) is 112 cm³/mol. The van der Waals surface area contributed by atoms with Crippen LogP contribution in [-0.2, 0) is 11.3 Å². The summed E-state index contributed by atoms with van der Waals surface area (Å²) < 4.78 is 5.44. The fraction of sp³-hybridized carbons (Fsp3) is 0.333. The molecule has 0 atom stereocenters. The Morgan fingerprint density at radius 2 is 2.00 bits per heavy atom. The Morgan fingerprint density at radius 1 is 1.21 bits per heavy atom. The van der Waals surface area contributed by atoms with E-state index in [4.69, 9.17) is 4.52 Å². The van der Waals surface area contributed by atoms with E-state index in [1.807, 2.05) is 49.1 Å². The number of carbonyl (C=O) groups excluding carboxylic acids is 1. The van der Waals surface area contributed by atoms with E-state index in [9.17, 15) is 4.79 Å². The van der Waals surface area contributed by atoms with E-state index < -0.39 is 0 Å². The highest BCUT2D eigenvalue weighted by atomic mass is 32.1. The molecule has 1 amide bonds. The number of piperazine rings is 1. The van der Waals surface area contributed by atoms with E-state index in [0.29, 0.717) is 31.3 Å². The van der Waals surface area contributed by atoms with E-state index in [1.165, 1.54) is 0 Å². The van der Waals surface area contributed by atoms with Crippen molar-refractivity contribution in [2.75, 3.05) is 26.2 Å². The van der Waals surface area contributed by atoms with Gasteiger partial charge in [-0.1, -0.05) is 29.4 Å². The van der Waals surface area contributed by atoms with E-state index >= 15 is 0 Å². The predicted octanol–water partition coefficient (Wildman–Crippen LogP) is 3.17. The lowest BCUT2D eigenvalue weighted by Crippen LogP contribution is -2.47. The molecule has 1 aliphatic heterocycles. The Morgan fingerprint density at radius 3 is 2.72 bits per heavy atom. The minimum atomic E-state index is 0.0373. The molecule has 4 rings (SSSR count). The van der Waals surface area contributed by atoms with Crippen molar-refractivity contribution in [3.63, 3.8) is 0 Å². The van der Waals surface area contributed by atoms with Gasteiger partial charge in [0, 0.05) is 48.9 Å². The quantitative estimate of drug-likeness (QED) is 0.603. The zero-order valence-corrected chi connectivity index (χ0v) is 17.4. The summed E-state index contributed by atoms with van der Waals surface area (Å²) in [6, 6.07) is 7.99. The van der Waals surface area contributed by atoms with Gasteiger partial charge in [-0.25, -0.2) is 4.98 Å². The summed E-state index contributed by atoms with van der Waals surface area (Å²) in [5.41, 5.74) is 2.11. The number of benzene rings is 1. The van der Waals surface area contributed by atoms with Crippen LogP contribution in [0.15, 0.2) is 41.1 Å². The molecule has 1 saturated heterocycles. The molecule has 7 nitrogen and oxygen atoms in total. The second-order valence-corrected chi connectivity index (χ2v) is 8.31. The van der Waals surface area contributed by atoms with Gasteiger partial charge in [-0.3, -0.25) is 9.69 Å². The third kappa shape index (κ3) is 4.78. The lowest BCUT2D eigenvalue weighted by atomic mass is 10.1.